The van der Waals surface area contributed by atoms with Crippen LogP contribution < -0.4 is 20.1 Å². The van der Waals surface area contributed by atoms with Gasteiger partial charge in [-0.05, 0) is 30.3 Å². The molecule has 0 fully saturated rings. The molecule has 0 radical (unpaired) electrons. The SMILES string of the molecule is CN=C(NCc1cc(OC)ccc1OC(F)F)NCc1nnc2ccccn12.I. The normalized spacial score (nSPS) is 11.3. The number of aromatic nitrogens is 3. The number of aliphatic imine (C=N–C) groups is 1. The molecule has 0 bridgehead atoms. The van der Waals surface area contributed by atoms with Gasteiger partial charge in [0.05, 0.1) is 13.7 Å². The van der Waals surface area contributed by atoms with E-state index in [1.165, 1.54) is 13.2 Å². The average molecular weight is 518 g/mol. The molecule has 0 amide bonds. The highest BCUT2D eigenvalue weighted by atomic mass is 127. The van der Waals surface area contributed by atoms with Gasteiger partial charge in [-0.2, -0.15) is 8.78 Å². The van der Waals surface area contributed by atoms with Crippen molar-refractivity contribution in [2.24, 2.45) is 4.99 Å². The molecule has 156 valence electrons. The summed E-state index contributed by atoms with van der Waals surface area (Å²) in [6.45, 7) is -2.33. The standard InChI is InChI=1S/C18H20F2N6O2.HI/c1-21-18(23-11-16-25-24-15-5-3-4-8-26(15)16)22-10-12-9-13(27-2)6-7-14(12)28-17(19)20;/h3-9,17H,10-11H2,1-2H3,(H2,21,22,23);1H. The summed E-state index contributed by atoms with van der Waals surface area (Å²) in [6, 6.07) is 10.3. The first-order valence-electron chi connectivity index (χ1n) is 8.45. The number of benzene rings is 1. The van der Waals surface area contributed by atoms with Crippen LogP contribution in [0.3, 0.4) is 0 Å². The number of guanidine groups is 1. The topological polar surface area (TPSA) is 85.1 Å². The summed E-state index contributed by atoms with van der Waals surface area (Å²) in [7, 11) is 3.11. The minimum absolute atomic E-state index is 0. The fourth-order valence-electron chi connectivity index (χ4n) is 2.61. The lowest BCUT2D eigenvalue weighted by Gasteiger charge is -2.15. The van der Waals surface area contributed by atoms with E-state index < -0.39 is 6.61 Å². The Morgan fingerprint density at radius 1 is 1.17 bits per heavy atom. The van der Waals surface area contributed by atoms with Crippen LogP contribution in [0, 0.1) is 0 Å². The summed E-state index contributed by atoms with van der Waals surface area (Å²) in [5.74, 6) is 1.79. The predicted molar refractivity (Wildman–Crippen MR) is 115 cm³/mol. The van der Waals surface area contributed by atoms with E-state index >= 15 is 0 Å². The third kappa shape index (κ3) is 5.89. The molecule has 8 nitrogen and oxygen atoms in total. The summed E-state index contributed by atoms with van der Waals surface area (Å²) in [4.78, 5) is 4.13. The molecule has 2 aromatic heterocycles. The van der Waals surface area contributed by atoms with Gasteiger partial charge in [0.15, 0.2) is 17.4 Å². The van der Waals surface area contributed by atoms with E-state index in [1.54, 1.807) is 19.2 Å². The third-order valence-electron chi connectivity index (χ3n) is 3.95. The highest BCUT2D eigenvalue weighted by Crippen LogP contribution is 2.25. The van der Waals surface area contributed by atoms with Crippen LogP contribution in [0.2, 0.25) is 0 Å². The molecule has 1 aromatic carbocycles. The molecular weight excluding hydrogens is 497 g/mol. The van der Waals surface area contributed by atoms with Crippen LogP contribution in [-0.2, 0) is 13.1 Å². The Morgan fingerprint density at radius 2 is 1.97 bits per heavy atom. The molecule has 2 N–H and O–H groups in total. The van der Waals surface area contributed by atoms with E-state index in [0.29, 0.717) is 29.6 Å². The van der Waals surface area contributed by atoms with Crippen molar-refractivity contribution in [3.05, 3.63) is 54.0 Å². The lowest BCUT2D eigenvalue weighted by molar-refractivity contribution is -0.0504. The summed E-state index contributed by atoms with van der Waals surface area (Å²) in [6.07, 6.45) is 1.87. The lowest BCUT2D eigenvalue weighted by atomic mass is 10.2. The van der Waals surface area contributed by atoms with E-state index in [-0.39, 0.29) is 36.3 Å². The third-order valence-corrected chi connectivity index (χ3v) is 3.95. The fourth-order valence-corrected chi connectivity index (χ4v) is 2.61. The number of hydrogen-bond donors (Lipinski definition) is 2. The summed E-state index contributed by atoms with van der Waals surface area (Å²) in [5.41, 5.74) is 1.25. The van der Waals surface area contributed by atoms with Crippen molar-refractivity contribution in [1.82, 2.24) is 25.2 Å². The smallest absolute Gasteiger partial charge is 0.387 e. The van der Waals surface area contributed by atoms with Crippen molar-refractivity contribution in [3.8, 4) is 11.5 Å². The molecule has 0 aliphatic carbocycles. The second-order valence-corrected chi connectivity index (χ2v) is 5.68. The van der Waals surface area contributed by atoms with Gasteiger partial charge in [0.1, 0.15) is 11.5 Å². The first kappa shape index (κ1) is 22.6. The largest absolute Gasteiger partial charge is 0.497 e. The van der Waals surface area contributed by atoms with Crippen LogP contribution in [0.25, 0.3) is 5.65 Å². The number of fused-ring (bicyclic) bond motifs is 1. The number of nitrogens with one attached hydrogen (secondary N) is 2. The number of alkyl halides is 2. The van der Waals surface area contributed by atoms with Crippen LogP contribution in [0.15, 0.2) is 47.6 Å². The minimum atomic E-state index is -2.91. The molecule has 3 aromatic rings. The maximum atomic E-state index is 12.6. The number of nitrogens with zero attached hydrogens (tertiary/aromatic N) is 4. The molecule has 0 atom stereocenters. The van der Waals surface area contributed by atoms with Gasteiger partial charge in [-0.3, -0.25) is 9.39 Å². The zero-order valence-electron chi connectivity index (χ0n) is 15.8. The zero-order chi connectivity index (χ0) is 19.9. The molecule has 0 aliphatic heterocycles. The van der Waals surface area contributed by atoms with Gasteiger partial charge in [0.25, 0.3) is 0 Å². The van der Waals surface area contributed by atoms with E-state index in [9.17, 15) is 8.78 Å². The van der Waals surface area contributed by atoms with Crippen LogP contribution >= 0.6 is 24.0 Å². The second kappa shape index (κ2) is 10.7. The van der Waals surface area contributed by atoms with Gasteiger partial charge in [0.2, 0.25) is 0 Å². The summed E-state index contributed by atoms with van der Waals surface area (Å²) < 4.78 is 36.8. The molecule has 11 heteroatoms. The molecular formula is C18H21F2IN6O2. The Balaban J connectivity index is 0.00000300. The molecule has 0 spiro atoms. The Labute approximate surface area is 183 Å². The maximum absolute atomic E-state index is 12.6. The first-order valence-corrected chi connectivity index (χ1v) is 8.45. The van der Waals surface area contributed by atoms with Crippen LogP contribution in [0.4, 0.5) is 8.78 Å². The van der Waals surface area contributed by atoms with Crippen LogP contribution in [0.5, 0.6) is 11.5 Å². The zero-order valence-corrected chi connectivity index (χ0v) is 18.1. The van der Waals surface area contributed by atoms with E-state index in [1.807, 2.05) is 28.8 Å². The lowest BCUT2D eigenvalue weighted by Crippen LogP contribution is -2.36. The summed E-state index contributed by atoms with van der Waals surface area (Å²) >= 11 is 0. The maximum Gasteiger partial charge on any atom is 0.387 e. The Kier molecular flexibility index (Phi) is 8.36. The quantitative estimate of drug-likeness (QED) is 0.285. The van der Waals surface area contributed by atoms with Gasteiger partial charge in [-0.15, -0.1) is 34.2 Å². The molecule has 0 unspecified atom stereocenters. The highest BCUT2D eigenvalue weighted by Gasteiger charge is 2.12. The number of methoxy groups -OCH3 is 1. The Bertz CT molecular complexity index is 966. The van der Waals surface area contributed by atoms with Crippen molar-refractivity contribution >= 4 is 35.6 Å². The second-order valence-electron chi connectivity index (χ2n) is 5.68. The van der Waals surface area contributed by atoms with E-state index in [0.717, 1.165) is 5.65 Å². The number of pyridine rings is 1. The van der Waals surface area contributed by atoms with Crippen molar-refractivity contribution in [3.63, 3.8) is 0 Å². The molecule has 29 heavy (non-hydrogen) atoms. The van der Waals surface area contributed by atoms with Crippen molar-refractivity contribution in [1.29, 1.82) is 0 Å². The van der Waals surface area contributed by atoms with Gasteiger partial charge in [0, 0.05) is 25.4 Å². The van der Waals surface area contributed by atoms with Gasteiger partial charge in [-0.25, -0.2) is 0 Å². The number of hydrogen-bond acceptors (Lipinski definition) is 5. The van der Waals surface area contributed by atoms with E-state index in [4.69, 9.17) is 4.74 Å². The Hall–Kier alpha value is -2.70. The van der Waals surface area contributed by atoms with Crippen molar-refractivity contribution in [2.45, 2.75) is 19.7 Å². The fraction of sp³-hybridized carbons (Fsp3) is 0.278. The molecule has 0 saturated heterocycles. The number of halogens is 3. The number of ether oxygens (including phenoxy) is 2. The average Bonchev–Trinajstić information content (AvgIpc) is 3.12. The molecule has 0 aliphatic rings. The van der Waals surface area contributed by atoms with Gasteiger partial charge >= 0.3 is 6.61 Å². The minimum Gasteiger partial charge on any atom is -0.497 e. The molecule has 2 heterocycles. The van der Waals surface area contributed by atoms with Crippen LogP contribution in [0.1, 0.15) is 11.4 Å². The number of rotatable bonds is 7. The van der Waals surface area contributed by atoms with Crippen molar-refractivity contribution < 1.29 is 18.3 Å². The monoisotopic (exact) mass is 518 g/mol. The first-order chi connectivity index (χ1) is 13.6. The summed E-state index contributed by atoms with van der Waals surface area (Å²) in [5, 5.41) is 14.4. The van der Waals surface area contributed by atoms with Gasteiger partial charge < -0.3 is 20.1 Å². The van der Waals surface area contributed by atoms with Crippen molar-refractivity contribution in [2.75, 3.05) is 14.2 Å². The Morgan fingerprint density at radius 3 is 2.69 bits per heavy atom. The van der Waals surface area contributed by atoms with Gasteiger partial charge in [-0.1, -0.05) is 6.07 Å². The van der Waals surface area contributed by atoms with E-state index in [2.05, 4.69) is 30.6 Å². The predicted octanol–water partition coefficient (Wildman–Crippen LogP) is 2.82. The molecule has 3 rings (SSSR count). The van der Waals surface area contributed by atoms with Crippen LogP contribution in [-0.4, -0.2) is 41.3 Å². The molecule has 0 saturated carbocycles. The highest BCUT2D eigenvalue weighted by molar-refractivity contribution is 14.0.